The van der Waals surface area contributed by atoms with Crippen LogP contribution in [0.5, 0.6) is 0 Å². The first-order valence-electron chi connectivity index (χ1n) is 6.70. The second-order valence-electron chi connectivity index (χ2n) is 5.36. The van der Waals surface area contributed by atoms with Crippen molar-refractivity contribution >= 4 is 11.6 Å². The molecule has 1 aliphatic heterocycles. The Bertz CT molecular complexity index is 574. The van der Waals surface area contributed by atoms with Gasteiger partial charge in [0, 0.05) is 37.3 Å². The fourth-order valence-corrected chi connectivity index (χ4v) is 2.34. The van der Waals surface area contributed by atoms with Crippen molar-refractivity contribution in [3.8, 4) is 0 Å². The molecule has 2 unspecified atom stereocenters. The Balaban J connectivity index is 2.08. The maximum absolute atomic E-state index is 12.1. The minimum absolute atomic E-state index is 0.0503. The van der Waals surface area contributed by atoms with Gasteiger partial charge in [-0.1, -0.05) is 0 Å². The molecule has 1 aliphatic rings. The van der Waals surface area contributed by atoms with Gasteiger partial charge in [-0.3, -0.25) is 14.9 Å². The molecule has 7 nitrogen and oxygen atoms in total. The molecule has 1 amide bonds. The number of hydrogen-bond acceptors (Lipinski definition) is 5. The highest BCUT2D eigenvalue weighted by molar-refractivity contribution is 5.95. The summed E-state index contributed by atoms with van der Waals surface area (Å²) in [6, 6.07) is 4.19. The molecular formula is C14H18N2O5. The number of benzene rings is 1. The minimum atomic E-state index is -1.09. The highest BCUT2D eigenvalue weighted by Crippen LogP contribution is 2.25. The van der Waals surface area contributed by atoms with Gasteiger partial charge in [0.15, 0.2) is 0 Å². The van der Waals surface area contributed by atoms with Gasteiger partial charge in [0.05, 0.1) is 11.0 Å². The van der Waals surface area contributed by atoms with Gasteiger partial charge in [-0.2, -0.15) is 0 Å². The summed E-state index contributed by atoms with van der Waals surface area (Å²) in [5, 5.41) is 23.7. The van der Waals surface area contributed by atoms with Gasteiger partial charge in [0.2, 0.25) is 0 Å². The van der Waals surface area contributed by atoms with E-state index in [0.717, 1.165) is 0 Å². The quantitative estimate of drug-likeness (QED) is 0.641. The Morgan fingerprint density at radius 1 is 1.57 bits per heavy atom. The summed E-state index contributed by atoms with van der Waals surface area (Å²) in [5.41, 5.74) is -0.385. The van der Waals surface area contributed by atoms with Gasteiger partial charge in [-0.15, -0.1) is 0 Å². The van der Waals surface area contributed by atoms with E-state index in [1.807, 2.05) is 0 Å². The number of hydrogen-bond donors (Lipinski definition) is 2. The Morgan fingerprint density at radius 2 is 2.29 bits per heavy atom. The van der Waals surface area contributed by atoms with E-state index in [2.05, 4.69) is 5.32 Å². The first kappa shape index (κ1) is 15.4. The fraction of sp³-hybridized carbons (Fsp3) is 0.500. The third-order valence-corrected chi connectivity index (χ3v) is 3.75. The summed E-state index contributed by atoms with van der Waals surface area (Å²) >= 11 is 0. The maximum Gasteiger partial charge on any atom is 0.270 e. The summed E-state index contributed by atoms with van der Waals surface area (Å²) in [5.74, 6) is -0.450. The van der Waals surface area contributed by atoms with Crippen LogP contribution in [-0.2, 0) is 4.74 Å². The first-order chi connectivity index (χ1) is 9.82. The number of amides is 1. The molecule has 1 saturated heterocycles. The molecule has 1 aromatic carbocycles. The van der Waals surface area contributed by atoms with E-state index in [1.165, 1.54) is 12.1 Å². The fourth-order valence-electron chi connectivity index (χ4n) is 2.34. The third kappa shape index (κ3) is 3.37. The monoisotopic (exact) mass is 294 g/mol. The SMILES string of the molecule is Cc1cc(C(=O)NCC2(O)CCOC2C)cc([N+](=O)[O-])c1. The normalized spacial score (nSPS) is 24.8. The summed E-state index contributed by atoms with van der Waals surface area (Å²) in [4.78, 5) is 22.4. The van der Waals surface area contributed by atoms with Crippen LogP contribution in [0.25, 0.3) is 0 Å². The number of nitro benzene ring substituents is 1. The number of aryl methyl sites for hydroxylation is 1. The van der Waals surface area contributed by atoms with Gasteiger partial charge < -0.3 is 15.2 Å². The number of ether oxygens (including phenoxy) is 1. The Hall–Kier alpha value is -1.99. The van der Waals surface area contributed by atoms with E-state index < -0.39 is 16.4 Å². The van der Waals surface area contributed by atoms with Crippen LogP contribution in [0.4, 0.5) is 5.69 Å². The van der Waals surface area contributed by atoms with Crippen LogP contribution in [0.2, 0.25) is 0 Å². The number of non-ortho nitro benzene ring substituents is 1. The van der Waals surface area contributed by atoms with Crippen molar-refractivity contribution in [3.05, 3.63) is 39.4 Å². The predicted molar refractivity (Wildman–Crippen MR) is 75.1 cm³/mol. The molecule has 2 atom stereocenters. The van der Waals surface area contributed by atoms with Crippen molar-refractivity contribution < 1.29 is 19.6 Å². The zero-order chi connectivity index (χ0) is 15.6. The van der Waals surface area contributed by atoms with Gasteiger partial charge in [0.25, 0.3) is 11.6 Å². The lowest BCUT2D eigenvalue weighted by molar-refractivity contribution is -0.384. The average Bonchev–Trinajstić information content (AvgIpc) is 2.75. The highest BCUT2D eigenvalue weighted by Gasteiger charge is 2.39. The third-order valence-electron chi connectivity index (χ3n) is 3.75. The molecule has 2 N–H and O–H groups in total. The van der Waals surface area contributed by atoms with E-state index in [0.29, 0.717) is 18.6 Å². The van der Waals surface area contributed by atoms with Crippen molar-refractivity contribution in [2.75, 3.05) is 13.2 Å². The number of nitro groups is 1. The zero-order valence-electron chi connectivity index (χ0n) is 12.0. The van der Waals surface area contributed by atoms with Gasteiger partial charge in [0.1, 0.15) is 5.60 Å². The summed E-state index contributed by atoms with van der Waals surface area (Å²) in [6.07, 6.45) is 0.0900. The lowest BCUT2D eigenvalue weighted by Gasteiger charge is -2.26. The van der Waals surface area contributed by atoms with Crippen molar-refractivity contribution in [2.24, 2.45) is 0 Å². The Morgan fingerprint density at radius 3 is 2.86 bits per heavy atom. The van der Waals surface area contributed by atoms with Crippen molar-refractivity contribution in [1.29, 1.82) is 0 Å². The van der Waals surface area contributed by atoms with Crippen LogP contribution in [0.15, 0.2) is 18.2 Å². The standard InChI is InChI=1S/C14H18N2O5/c1-9-5-11(7-12(6-9)16(19)20)13(17)15-8-14(18)3-4-21-10(14)2/h5-7,10,18H,3-4,8H2,1-2H3,(H,15,17). The van der Waals surface area contributed by atoms with E-state index in [1.54, 1.807) is 19.9 Å². The average molecular weight is 294 g/mol. The number of carbonyl (C=O) groups is 1. The summed E-state index contributed by atoms with van der Waals surface area (Å²) in [6.45, 7) is 3.93. The second-order valence-corrected chi connectivity index (χ2v) is 5.36. The molecule has 0 radical (unpaired) electrons. The van der Waals surface area contributed by atoms with Crippen molar-refractivity contribution in [1.82, 2.24) is 5.32 Å². The van der Waals surface area contributed by atoms with Gasteiger partial charge >= 0.3 is 0 Å². The van der Waals surface area contributed by atoms with Crippen LogP contribution < -0.4 is 5.32 Å². The van der Waals surface area contributed by atoms with Gasteiger partial charge in [-0.25, -0.2) is 0 Å². The van der Waals surface area contributed by atoms with E-state index >= 15 is 0 Å². The molecule has 1 fully saturated rings. The molecule has 21 heavy (non-hydrogen) atoms. The summed E-state index contributed by atoms with van der Waals surface area (Å²) in [7, 11) is 0. The lowest BCUT2D eigenvalue weighted by Crippen LogP contribution is -2.47. The minimum Gasteiger partial charge on any atom is -0.385 e. The van der Waals surface area contributed by atoms with E-state index in [9.17, 15) is 20.0 Å². The number of nitrogens with one attached hydrogen (secondary N) is 1. The van der Waals surface area contributed by atoms with Crippen molar-refractivity contribution in [2.45, 2.75) is 32.0 Å². The molecule has 0 aliphatic carbocycles. The molecule has 0 saturated carbocycles. The summed E-state index contributed by atoms with van der Waals surface area (Å²) < 4.78 is 5.29. The predicted octanol–water partition coefficient (Wildman–Crippen LogP) is 1.17. The lowest BCUT2D eigenvalue weighted by atomic mass is 9.96. The first-order valence-corrected chi connectivity index (χ1v) is 6.70. The molecule has 1 heterocycles. The Kier molecular flexibility index (Phi) is 4.24. The highest BCUT2D eigenvalue weighted by atomic mass is 16.6. The molecule has 7 heteroatoms. The van der Waals surface area contributed by atoms with Crippen LogP contribution in [0.1, 0.15) is 29.3 Å². The van der Waals surface area contributed by atoms with Gasteiger partial charge in [-0.05, 0) is 25.5 Å². The van der Waals surface area contributed by atoms with E-state index in [4.69, 9.17) is 4.74 Å². The molecule has 2 rings (SSSR count). The van der Waals surface area contributed by atoms with Crippen molar-refractivity contribution in [3.63, 3.8) is 0 Å². The molecule has 114 valence electrons. The molecular weight excluding hydrogens is 276 g/mol. The number of nitrogens with zero attached hydrogens (tertiary/aromatic N) is 1. The number of carbonyl (C=O) groups excluding carboxylic acids is 1. The molecule has 0 spiro atoms. The molecule has 0 bridgehead atoms. The molecule has 1 aromatic rings. The van der Waals surface area contributed by atoms with E-state index in [-0.39, 0.29) is 23.9 Å². The number of rotatable bonds is 4. The smallest absolute Gasteiger partial charge is 0.270 e. The van der Waals surface area contributed by atoms with Crippen LogP contribution in [0, 0.1) is 17.0 Å². The Labute approximate surface area is 122 Å². The van der Waals surface area contributed by atoms with Crippen LogP contribution in [0.3, 0.4) is 0 Å². The van der Waals surface area contributed by atoms with Crippen LogP contribution >= 0.6 is 0 Å². The second kappa shape index (κ2) is 5.79. The topological polar surface area (TPSA) is 102 Å². The van der Waals surface area contributed by atoms with Crippen LogP contribution in [-0.4, -0.2) is 40.8 Å². The zero-order valence-corrected chi connectivity index (χ0v) is 12.0. The number of aliphatic hydroxyl groups is 1. The largest absolute Gasteiger partial charge is 0.385 e. The maximum atomic E-state index is 12.1. The molecule has 0 aromatic heterocycles.